The summed E-state index contributed by atoms with van der Waals surface area (Å²) in [6.07, 6.45) is 0.546. The number of rotatable bonds is 3. The molecule has 1 aromatic heterocycles. The van der Waals surface area contributed by atoms with Gasteiger partial charge in [0, 0.05) is 9.75 Å². The van der Waals surface area contributed by atoms with Crippen LogP contribution in [0.25, 0.3) is 0 Å². The van der Waals surface area contributed by atoms with Gasteiger partial charge in [-0.15, -0.1) is 11.3 Å². The van der Waals surface area contributed by atoms with Gasteiger partial charge in [0.1, 0.15) is 6.10 Å². The highest BCUT2D eigenvalue weighted by Gasteiger charge is 2.13. The molecule has 0 saturated heterocycles. The third-order valence-electron chi connectivity index (χ3n) is 3.15. The van der Waals surface area contributed by atoms with Gasteiger partial charge in [-0.05, 0) is 49.1 Å². The molecule has 0 bridgehead atoms. The van der Waals surface area contributed by atoms with Gasteiger partial charge in [-0.2, -0.15) is 0 Å². The van der Waals surface area contributed by atoms with Crippen LogP contribution in [0, 0.1) is 13.8 Å². The van der Waals surface area contributed by atoms with Gasteiger partial charge in [-0.25, -0.2) is 0 Å². The largest absolute Gasteiger partial charge is 0.383 e. The Labute approximate surface area is 107 Å². The van der Waals surface area contributed by atoms with E-state index in [1.807, 2.05) is 12.1 Å². The van der Waals surface area contributed by atoms with Crippen molar-refractivity contribution in [3.05, 3.63) is 56.8 Å². The average Bonchev–Trinajstić information content (AvgIpc) is 2.80. The molecule has 1 unspecified atom stereocenters. The third-order valence-corrected chi connectivity index (χ3v) is 4.43. The van der Waals surface area contributed by atoms with Crippen molar-refractivity contribution in [2.45, 2.75) is 33.3 Å². The second-order valence-corrected chi connectivity index (χ2v) is 5.60. The van der Waals surface area contributed by atoms with E-state index >= 15 is 0 Å². The molecule has 0 amide bonds. The molecule has 2 heteroatoms. The monoisotopic (exact) mass is 246 g/mol. The van der Waals surface area contributed by atoms with Crippen LogP contribution in [-0.4, -0.2) is 5.11 Å². The first-order valence-corrected chi connectivity index (χ1v) is 6.77. The minimum atomic E-state index is -0.486. The fourth-order valence-electron chi connectivity index (χ4n) is 1.83. The van der Waals surface area contributed by atoms with E-state index < -0.39 is 6.10 Å². The molecule has 0 spiro atoms. The van der Waals surface area contributed by atoms with Crippen molar-refractivity contribution in [1.82, 2.24) is 0 Å². The van der Waals surface area contributed by atoms with Crippen molar-refractivity contribution in [2.24, 2.45) is 0 Å². The Morgan fingerprint density at radius 1 is 1.12 bits per heavy atom. The number of benzene rings is 1. The highest BCUT2D eigenvalue weighted by atomic mass is 32.1. The molecule has 0 saturated carbocycles. The van der Waals surface area contributed by atoms with Crippen molar-refractivity contribution >= 4 is 11.3 Å². The first-order chi connectivity index (χ1) is 8.11. The number of aryl methyl sites for hydroxylation is 3. The van der Waals surface area contributed by atoms with Crippen LogP contribution in [-0.2, 0) is 6.42 Å². The second-order valence-electron chi connectivity index (χ2n) is 4.40. The van der Waals surface area contributed by atoms with Crippen molar-refractivity contribution in [2.75, 3.05) is 0 Å². The molecule has 0 aliphatic carbocycles. The van der Waals surface area contributed by atoms with Gasteiger partial charge < -0.3 is 5.11 Å². The Morgan fingerprint density at radius 2 is 1.88 bits per heavy atom. The van der Waals surface area contributed by atoms with E-state index in [1.54, 1.807) is 11.3 Å². The lowest BCUT2D eigenvalue weighted by Gasteiger charge is -2.11. The van der Waals surface area contributed by atoms with Crippen LogP contribution >= 0.6 is 11.3 Å². The molecule has 1 heterocycles. The Morgan fingerprint density at radius 3 is 2.47 bits per heavy atom. The Bertz CT molecular complexity index is 513. The molecule has 90 valence electrons. The number of thiophene rings is 1. The van der Waals surface area contributed by atoms with Crippen LogP contribution in [0.4, 0.5) is 0 Å². The van der Waals surface area contributed by atoms with Crippen LogP contribution in [0.2, 0.25) is 0 Å². The van der Waals surface area contributed by atoms with Gasteiger partial charge in [0.25, 0.3) is 0 Å². The van der Waals surface area contributed by atoms with E-state index in [9.17, 15) is 5.11 Å². The molecule has 2 aromatic rings. The summed E-state index contributed by atoms with van der Waals surface area (Å²) < 4.78 is 0. The summed E-state index contributed by atoms with van der Waals surface area (Å²) in [6, 6.07) is 10.3. The minimum absolute atomic E-state index is 0.486. The van der Waals surface area contributed by atoms with Gasteiger partial charge in [0.05, 0.1) is 0 Å². The summed E-state index contributed by atoms with van der Waals surface area (Å²) in [4.78, 5) is 2.35. The highest BCUT2D eigenvalue weighted by Crippen LogP contribution is 2.29. The minimum Gasteiger partial charge on any atom is -0.383 e. The molecule has 2 rings (SSSR count). The number of hydrogen-bond donors (Lipinski definition) is 1. The van der Waals surface area contributed by atoms with Crippen LogP contribution in [0.1, 0.15) is 39.5 Å². The number of hydrogen-bond acceptors (Lipinski definition) is 2. The van der Waals surface area contributed by atoms with Crippen LogP contribution < -0.4 is 0 Å². The maximum atomic E-state index is 10.3. The first kappa shape index (κ1) is 12.3. The summed E-state index contributed by atoms with van der Waals surface area (Å²) in [6.45, 7) is 6.31. The molecule has 17 heavy (non-hydrogen) atoms. The molecule has 1 N–H and O–H groups in total. The van der Waals surface area contributed by atoms with E-state index in [0.717, 1.165) is 16.9 Å². The van der Waals surface area contributed by atoms with E-state index in [2.05, 4.69) is 39.0 Å². The van der Waals surface area contributed by atoms with Crippen molar-refractivity contribution in [3.63, 3.8) is 0 Å². The molecule has 0 fully saturated rings. The molecule has 0 aliphatic rings. The van der Waals surface area contributed by atoms with Gasteiger partial charge in [-0.1, -0.05) is 25.1 Å². The molecule has 0 aliphatic heterocycles. The van der Waals surface area contributed by atoms with Crippen molar-refractivity contribution in [3.8, 4) is 0 Å². The average molecular weight is 246 g/mol. The lowest BCUT2D eigenvalue weighted by Crippen LogP contribution is -1.98. The highest BCUT2D eigenvalue weighted by molar-refractivity contribution is 7.12. The topological polar surface area (TPSA) is 20.2 Å². The number of aliphatic hydroxyl groups is 1. The van der Waals surface area contributed by atoms with Crippen LogP contribution in [0.5, 0.6) is 0 Å². The molecule has 1 aromatic carbocycles. The van der Waals surface area contributed by atoms with E-state index in [4.69, 9.17) is 0 Å². The predicted octanol–water partition coefficient (Wildman–Crippen LogP) is 4.01. The lowest BCUT2D eigenvalue weighted by molar-refractivity contribution is 0.224. The summed E-state index contributed by atoms with van der Waals surface area (Å²) >= 11 is 1.70. The summed E-state index contributed by atoms with van der Waals surface area (Å²) in [5.74, 6) is 0. The van der Waals surface area contributed by atoms with Gasteiger partial charge in [-0.3, -0.25) is 0 Å². The summed E-state index contributed by atoms with van der Waals surface area (Å²) in [5, 5.41) is 10.3. The zero-order valence-electron chi connectivity index (χ0n) is 10.5. The van der Waals surface area contributed by atoms with Crippen molar-refractivity contribution in [1.29, 1.82) is 0 Å². The number of aliphatic hydroxyl groups excluding tert-OH is 1. The predicted molar refractivity (Wildman–Crippen MR) is 73.7 cm³/mol. The normalized spacial score (nSPS) is 12.7. The van der Waals surface area contributed by atoms with Crippen LogP contribution in [0.15, 0.2) is 30.3 Å². The van der Waals surface area contributed by atoms with Crippen molar-refractivity contribution < 1.29 is 5.11 Å². The first-order valence-electron chi connectivity index (χ1n) is 5.95. The third kappa shape index (κ3) is 2.59. The van der Waals surface area contributed by atoms with E-state index in [0.29, 0.717) is 0 Å². The standard InChI is InChI=1S/C15H18OS/c1-4-13-7-8-14(17-13)15(16)12-6-5-10(2)11(3)9-12/h5-9,15-16H,4H2,1-3H3. The van der Waals surface area contributed by atoms with Gasteiger partial charge in [0.15, 0.2) is 0 Å². The fraction of sp³-hybridized carbons (Fsp3) is 0.333. The fourth-order valence-corrected chi connectivity index (χ4v) is 2.80. The summed E-state index contributed by atoms with van der Waals surface area (Å²) in [5.41, 5.74) is 3.48. The second kappa shape index (κ2) is 5.03. The lowest BCUT2D eigenvalue weighted by atomic mass is 10.0. The Hall–Kier alpha value is -1.12. The SMILES string of the molecule is CCc1ccc(C(O)c2ccc(C)c(C)c2)s1. The van der Waals surface area contributed by atoms with E-state index in [-0.39, 0.29) is 0 Å². The maximum Gasteiger partial charge on any atom is 0.113 e. The zero-order valence-corrected chi connectivity index (χ0v) is 11.3. The molecule has 1 atom stereocenters. The molecular weight excluding hydrogens is 228 g/mol. The van der Waals surface area contributed by atoms with E-state index in [1.165, 1.54) is 16.0 Å². The Kier molecular flexibility index (Phi) is 3.65. The Balaban J connectivity index is 2.29. The smallest absolute Gasteiger partial charge is 0.113 e. The molecule has 1 nitrogen and oxygen atoms in total. The van der Waals surface area contributed by atoms with Gasteiger partial charge in [0.2, 0.25) is 0 Å². The molecular formula is C15H18OS. The quantitative estimate of drug-likeness (QED) is 0.867. The molecule has 0 radical (unpaired) electrons. The summed E-state index contributed by atoms with van der Waals surface area (Å²) in [7, 11) is 0. The zero-order chi connectivity index (χ0) is 12.4. The van der Waals surface area contributed by atoms with Gasteiger partial charge >= 0.3 is 0 Å². The maximum absolute atomic E-state index is 10.3. The van der Waals surface area contributed by atoms with Crippen LogP contribution in [0.3, 0.4) is 0 Å².